The van der Waals surface area contributed by atoms with Crippen molar-refractivity contribution >= 4 is 35.1 Å². The standard InChI is InChI=1S/C19H19Cl2N5O2/c20-15-5-3-13(9-16(15)21)10-26-12-22-19(24-26)23-18(27)17-6-4-14(28-17)11-25-7-1-2-8-25/h3-6,9,12H,1-2,7-8,10-11H2,(H,23,24,27). The fraction of sp³-hybridized carbons (Fsp3) is 0.316. The van der Waals surface area contributed by atoms with E-state index >= 15 is 0 Å². The van der Waals surface area contributed by atoms with Crippen molar-refractivity contribution in [3.63, 3.8) is 0 Å². The normalized spacial score (nSPS) is 14.5. The van der Waals surface area contributed by atoms with Crippen LogP contribution in [0.5, 0.6) is 0 Å². The molecule has 146 valence electrons. The number of aromatic nitrogens is 3. The molecule has 1 N–H and O–H groups in total. The van der Waals surface area contributed by atoms with Crippen LogP contribution < -0.4 is 5.32 Å². The van der Waals surface area contributed by atoms with E-state index in [4.69, 9.17) is 27.6 Å². The quantitative estimate of drug-likeness (QED) is 0.651. The number of likely N-dealkylation sites (tertiary alicyclic amines) is 1. The Balaban J connectivity index is 1.36. The van der Waals surface area contributed by atoms with E-state index in [1.54, 1.807) is 29.2 Å². The number of nitrogens with zero attached hydrogens (tertiary/aromatic N) is 4. The summed E-state index contributed by atoms with van der Waals surface area (Å²) in [5, 5.41) is 7.90. The molecule has 7 nitrogen and oxygen atoms in total. The third-order valence-corrected chi connectivity index (χ3v) is 5.29. The molecule has 3 aromatic rings. The van der Waals surface area contributed by atoms with Crippen LogP contribution in [0.25, 0.3) is 0 Å². The van der Waals surface area contributed by atoms with Gasteiger partial charge in [-0.2, -0.15) is 0 Å². The number of anilines is 1. The predicted octanol–water partition coefficient (Wildman–Crippen LogP) is 4.07. The maximum atomic E-state index is 12.4. The molecule has 0 spiro atoms. The maximum Gasteiger partial charge on any atom is 0.293 e. The maximum absolute atomic E-state index is 12.4. The van der Waals surface area contributed by atoms with Gasteiger partial charge in [-0.05, 0) is 55.8 Å². The molecule has 1 aliphatic rings. The molecule has 1 aromatic carbocycles. The van der Waals surface area contributed by atoms with Crippen molar-refractivity contribution in [2.24, 2.45) is 0 Å². The zero-order valence-corrected chi connectivity index (χ0v) is 16.6. The topological polar surface area (TPSA) is 76.2 Å². The second-order valence-electron chi connectivity index (χ2n) is 6.72. The van der Waals surface area contributed by atoms with Gasteiger partial charge in [0.05, 0.1) is 23.1 Å². The first-order valence-corrected chi connectivity index (χ1v) is 9.78. The van der Waals surface area contributed by atoms with Gasteiger partial charge >= 0.3 is 0 Å². The van der Waals surface area contributed by atoms with E-state index in [1.807, 2.05) is 12.1 Å². The lowest BCUT2D eigenvalue weighted by Gasteiger charge is -2.11. The number of carbonyl (C=O) groups is 1. The Labute approximate surface area is 172 Å². The molecule has 3 heterocycles. The number of carbonyl (C=O) groups excluding carboxylic acids is 1. The first-order valence-electron chi connectivity index (χ1n) is 9.02. The summed E-state index contributed by atoms with van der Waals surface area (Å²) < 4.78 is 7.27. The van der Waals surface area contributed by atoms with Crippen molar-refractivity contribution in [3.8, 4) is 0 Å². The Bertz CT molecular complexity index is 978. The van der Waals surface area contributed by atoms with Gasteiger partial charge in [0.1, 0.15) is 12.1 Å². The third kappa shape index (κ3) is 4.55. The molecule has 28 heavy (non-hydrogen) atoms. The van der Waals surface area contributed by atoms with Crippen molar-refractivity contribution in [2.75, 3.05) is 18.4 Å². The molecule has 1 saturated heterocycles. The Morgan fingerprint density at radius 2 is 1.93 bits per heavy atom. The number of hydrogen-bond donors (Lipinski definition) is 1. The van der Waals surface area contributed by atoms with Crippen molar-refractivity contribution in [1.29, 1.82) is 0 Å². The average molecular weight is 420 g/mol. The van der Waals surface area contributed by atoms with Crippen molar-refractivity contribution < 1.29 is 9.21 Å². The summed E-state index contributed by atoms with van der Waals surface area (Å²) in [7, 11) is 0. The summed E-state index contributed by atoms with van der Waals surface area (Å²) in [4.78, 5) is 18.8. The molecule has 1 fully saturated rings. The Morgan fingerprint density at radius 1 is 1.11 bits per heavy atom. The highest BCUT2D eigenvalue weighted by Crippen LogP contribution is 2.23. The van der Waals surface area contributed by atoms with Crippen LogP contribution in [0.1, 0.15) is 34.7 Å². The van der Waals surface area contributed by atoms with Crippen LogP contribution in [0, 0.1) is 0 Å². The van der Waals surface area contributed by atoms with E-state index in [0.717, 1.165) is 31.0 Å². The van der Waals surface area contributed by atoms with E-state index in [1.165, 1.54) is 12.8 Å². The average Bonchev–Trinajstić information content (AvgIpc) is 3.41. The second-order valence-corrected chi connectivity index (χ2v) is 7.53. The first-order chi connectivity index (χ1) is 13.6. The van der Waals surface area contributed by atoms with Crippen molar-refractivity contribution in [3.05, 3.63) is 63.8 Å². The largest absolute Gasteiger partial charge is 0.455 e. The fourth-order valence-electron chi connectivity index (χ4n) is 3.16. The molecule has 9 heteroatoms. The zero-order chi connectivity index (χ0) is 19.5. The fourth-order valence-corrected chi connectivity index (χ4v) is 3.48. The van der Waals surface area contributed by atoms with E-state index in [-0.39, 0.29) is 17.6 Å². The molecule has 0 saturated carbocycles. The van der Waals surface area contributed by atoms with Gasteiger partial charge in [-0.15, -0.1) is 5.10 Å². The van der Waals surface area contributed by atoms with Crippen LogP contribution in [0.3, 0.4) is 0 Å². The zero-order valence-electron chi connectivity index (χ0n) is 15.1. The van der Waals surface area contributed by atoms with Crippen molar-refractivity contribution in [1.82, 2.24) is 19.7 Å². The van der Waals surface area contributed by atoms with Crippen LogP contribution in [0.4, 0.5) is 5.95 Å². The van der Waals surface area contributed by atoms with E-state index in [9.17, 15) is 4.79 Å². The summed E-state index contributed by atoms with van der Waals surface area (Å²) in [6.07, 6.45) is 3.97. The number of rotatable bonds is 6. The highest BCUT2D eigenvalue weighted by molar-refractivity contribution is 6.42. The van der Waals surface area contributed by atoms with Gasteiger partial charge in [0.25, 0.3) is 5.91 Å². The SMILES string of the molecule is O=C(Nc1ncn(Cc2ccc(Cl)c(Cl)c2)n1)c1ccc(CN2CCCC2)o1. The Hall–Kier alpha value is -2.35. The molecule has 0 atom stereocenters. The number of furan rings is 1. The van der Waals surface area contributed by atoms with Gasteiger partial charge in [-0.25, -0.2) is 9.67 Å². The van der Waals surface area contributed by atoms with E-state index in [0.29, 0.717) is 16.6 Å². The van der Waals surface area contributed by atoms with Gasteiger partial charge in [0.2, 0.25) is 5.95 Å². The van der Waals surface area contributed by atoms with Crippen LogP contribution in [0.2, 0.25) is 10.0 Å². The number of nitrogens with one attached hydrogen (secondary N) is 1. The third-order valence-electron chi connectivity index (χ3n) is 4.55. The number of halogens is 2. The van der Waals surface area contributed by atoms with E-state index < -0.39 is 0 Å². The summed E-state index contributed by atoms with van der Waals surface area (Å²) in [5.41, 5.74) is 0.926. The molecule has 0 bridgehead atoms. The predicted molar refractivity (Wildman–Crippen MR) is 107 cm³/mol. The highest BCUT2D eigenvalue weighted by Gasteiger charge is 2.17. The minimum atomic E-state index is -0.375. The number of hydrogen-bond acceptors (Lipinski definition) is 5. The molecule has 0 unspecified atom stereocenters. The lowest BCUT2D eigenvalue weighted by atomic mass is 10.2. The lowest BCUT2D eigenvalue weighted by Crippen LogP contribution is -2.18. The molecule has 0 radical (unpaired) electrons. The van der Waals surface area contributed by atoms with Crippen LogP contribution in [-0.2, 0) is 13.1 Å². The molecular weight excluding hydrogens is 401 g/mol. The van der Waals surface area contributed by atoms with Crippen LogP contribution >= 0.6 is 23.2 Å². The van der Waals surface area contributed by atoms with Gasteiger partial charge in [0.15, 0.2) is 5.76 Å². The van der Waals surface area contributed by atoms with Gasteiger partial charge in [0, 0.05) is 0 Å². The molecule has 0 aliphatic carbocycles. The highest BCUT2D eigenvalue weighted by atomic mass is 35.5. The van der Waals surface area contributed by atoms with Crippen molar-refractivity contribution in [2.45, 2.75) is 25.9 Å². The van der Waals surface area contributed by atoms with E-state index in [2.05, 4.69) is 20.3 Å². The molecule has 1 aliphatic heterocycles. The Morgan fingerprint density at radius 3 is 2.71 bits per heavy atom. The van der Waals surface area contributed by atoms with Crippen LogP contribution in [-0.4, -0.2) is 38.7 Å². The van der Waals surface area contributed by atoms with Gasteiger partial charge in [-0.1, -0.05) is 29.3 Å². The summed E-state index contributed by atoms with van der Waals surface area (Å²) >= 11 is 12.0. The monoisotopic (exact) mass is 419 g/mol. The minimum Gasteiger partial charge on any atom is -0.455 e. The Kier molecular flexibility index (Phi) is 5.66. The molecule has 4 rings (SSSR count). The summed E-state index contributed by atoms with van der Waals surface area (Å²) in [6.45, 7) is 3.33. The van der Waals surface area contributed by atoms with Gasteiger partial charge in [-0.3, -0.25) is 15.0 Å². The minimum absolute atomic E-state index is 0.211. The molecule has 1 amide bonds. The molecule has 2 aromatic heterocycles. The summed E-state index contributed by atoms with van der Waals surface area (Å²) in [6, 6.07) is 8.87. The number of benzene rings is 1. The smallest absolute Gasteiger partial charge is 0.293 e. The van der Waals surface area contributed by atoms with Gasteiger partial charge < -0.3 is 4.42 Å². The summed E-state index contributed by atoms with van der Waals surface area (Å²) in [5.74, 6) is 0.864. The molecular formula is C19H19Cl2N5O2. The lowest BCUT2D eigenvalue weighted by molar-refractivity contribution is 0.0992. The van der Waals surface area contributed by atoms with Crippen LogP contribution in [0.15, 0.2) is 41.1 Å². The number of amides is 1. The first kappa shape index (κ1) is 19.0. The second kappa shape index (κ2) is 8.34.